The van der Waals surface area contributed by atoms with Crippen molar-refractivity contribution in [3.8, 4) is 12.3 Å². The molecule has 1 aromatic rings. The van der Waals surface area contributed by atoms with E-state index in [0.717, 1.165) is 6.07 Å². The van der Waals surface area contributed by atoms with Gasteiger partial charge < -0.3 is 4.90 Å². The van der Waals surface area contributed by atoms with Gasteiger partial charge in [0.05, 0.1) is 22.1 Å². The number of halogens is 1. The van der Waals surface area contributed by atoms with E-state index in [1.165, 1.54) is 24.1 Å². The zero-order valence-corrected chi connectivity index (χ0v) is 9.77. The van der Waals surface area contributed by atoms with Crippen LogP contribution in [-0.4, -0.2) is 29.3 Å². The van der Waals surface area contributed by atoms with E-state index in [2.05, 4.69) is 5.92 Å². The summed E-state index contributed by atoms with van der Waals surface area (Å²) in [4.78, 5) is 23.0. The van der Waals surface area contributed by atoms with E-state index in [1.807, 2.05) is 0 Å². The van der Waals surface area contributed by atoms with Gasteiger partial charge in [0.2, 0.25) is 0 Å². The molecular weight excluding hydrogens is 244 g/mol. The van der Waals surface area contributed by atoms with Crippen molar-refractivity contribution in [2.45, 2.75) is 0 Å². The van der Waals surface area contributed by atoms with Gasteiger partial charge in [-0.15, -0.1) is 6.42 Å². The summed E-state index contributed by atoms with van der Waals surface area (Å²) in [5, 5.41) is 10.5. The van der Waals surface area contributed by atoms with Crippen LogP contribution in [0.5, 0.6) is 0 Å². The summed E-state index contributed by atoms with van der Waals surface area (Å²) in [5.74, 6) is 1.95. The van der Waals surface area contributed by atoms with Gasteiger partial charge in [-0.3, -0.25) is 14.9 Å². The zero-order valence-electron chi connectivity index (χ0n) is 9.01. The Morgan fingerprint density at radius 2 is 2.29 bits per heavy atom. The molecule has 0 saturated carbocycles. The topological polar surface area (TPSA) is 63.5 Å². The molecule has 0 aliphatic carbocycles. The summed E-state index contributed by atoms with van der Waals surface area (Å²) in [5.41, 5.74) is 0.0289. The lowest BCUT2D eigenvalue weighted by atomic mass is 10.2. The highest BCUT2D eigenvalue weighted by Gasteiger charge is 2.17. The van der Waals surface area contributed by atoms with Crippen molar-refractivity contribution in [3.63, 3.8) is 0 Å². The third kappa shape index (κ3) is 2.95. The van der Waals surface area contributed by atoms with Gasteiger partial charge in [0.15, 0.2) is 0 Å². The Balaban J connectivity index is 3.05. The normalized spacial score (nSPS) is 9.47. The summed E-state index contributed by atoms with van der Waals surface area (Å²) in [7, 11) is 1.53. The van der Waals surface area contributed by atoms with Crippen LogP contribution < -0.4 is 0 Å². The maximum Gasteiger partial charge on any atom is 0.270 e. The van der Waals surface area contributed by atoms with Crippen molar-refractivity contribution >= 4 is 23.2 Å². The Morgan fingerprint density at radius 3 is 2.76 bits per heavy atom. The second-order valence-corrected chi connectivity index (χ2v) is 3.69. The minimum Gasteiger partial charge on any atom is -0.331 e. The number of carbonyl (C=O) groups is 1. The quantitative estimate of drug-likeness (QED) is 0.469. The van der Waals surface area contributed by atoms with E-state index in [9.17, 15) is 14.9 Å². The molecular formula is C11H9ClN2O3. The molecule has 17 heavy (non-hydrogen) atoms. The van der Waals surface area contributed by atoms with Gasteiger partial charge in [-0.1, -0.05) is 17.5 Å². The monoisotopic (exact) mass is 252 g/mol. The fourth-order valence-electron chi connectivity index (χ4n) is 1.21. The Labute approximate surface area is 103 Å². The number of nitro benzene ring substituents is 1. The summed E-state index contributed by atoms with van der Waals surface area (Å²) in [6.45, 7) is 0.145. The second-order valence-electron chi connectivity index (χ2n) is 3.29. The van der Waals surface area contributed by atoms with E-state index in [-0.39, 0.29) is 28.7 Å². The molecule has 0 fully saturated rings. The van der Waals surface area contributed by atoms with Gasteiger partial charge in [0.1, 0.15) is 0 Å². The first kappa shape index (κ1) is 13.0. The predicted octanol–water partition coefficient (Wildman–Crippen LogP) is 1.95. The number of amides is 1. The van der Waals surface area contributed by atoms with Crippen LogP contribution in [0.4, 0.5) is 5.69 Å². The van der Waals surface area contributed by atoms with Gasteiger partial charge in [-0.05, 0) is 6.07 Å². The fraction of sp³-hybridized carbons (Fsp3) is 0.182. The summed E-state index contributed by atoms with van der Waals surface area (Å²) in [6, 6.07) is 3.68. The standard InChI is InChI=1S/C11H9ClN2O3/c1-3-6-13(2)11(15)9-5-4-8(14(16)17)7-10(9)12/h1,4-5,7H,6H2,2H3. The molecule has 0 unspecified atom stereocenters. The summed E-state index contributed by atoms with van der Waals surface area (Å²) < 4.78 is 0. The molecule has 1 rings (SSSR count). The Morgan fingerprint density at radius 1 is 1.65 bits per heavy atom. The van der Waals surface area contributed by atoms with E-state index >= 15 is 0 Å². The van der Waals surface area contributed by atoms with Crippen LogP contribution in [0.15, 0.2) is 18.2 Å². The second kappa shape index (κ2) is 5.32. The maximum absolute atomic E-state index is 11.8. The first-order valence-corrected chi connectivity index (χ1v) is 4.98. The number of terminal acetylenes is 1. The van der Waals surface area contributed by atoms with Gasteiger partial charge in [-0.25, -0.2) is 0 Å². The Hall–Kier alpha value is -2.06. The lowest BCUT2D eigenvalue weighted by Gasteiger charge is -2.14. The third-order valence-electron chi connectivity index (χ3n) is 2.07. The number of non-ortho nitro benzene ring substituents is 1. The van der Waals surface area contributed by atoms with Crippen molar-refractivity contribution in [3.05, 3.63) is 38.9 Å². The minimum absolute atomic E-state index is 0.0353. The van der Waals surface area contributed by atoms with Crippen LogP contribution in [-0.2, 0) is 0 Å². The van der Waals surface area contributed by atoms with Crippen molar-refractivity contribution in [2.75, 3.05) is 13.6 Å². The summed E-state index contributed by atoms with van der Waals surface area (Å²) in [6.07, 6.45) is 5.08. The molecule has 0 radical (unpaired) electrons. The lowest BCUT2D eigenvalue weighted by molar-refractivity contribution is -0.384. The average molecular weight is 253 g/mol. The highest BCUT2D eigenvalue weighted by Crippen LogP contribution is 2.23. The molecule has 0 aromatic heterocycles. The molecule has 0 aliphatic rings. The first-order chi connectivity index (χ1) is 7.97. The molecule has 0 aliphatic heterocycles. The zero-order chi connectivity index (χ0) is 13.0. The Bertz CT molecular complexity index is 508. The number of nitrogens with zero attached hydrogens (tertiary/aromatic N) is 2. The van der Waals surface area contributed by atoms with Crippen molar-refractivity contribution in [2.24, 2.45) is 0 Å². The molecule has 0 N–H and O–H groups in total. The predicted molar refractivity (Wildman–Crippen MR) is 63.9 cm³/mol. The van der Waals surface area contributed by atoms with Crippen LogP contribution in [0.1, 0.15) is 10.4 Å². The van der Waals surface area contributed by atoms with Crippen LogP contribution in [0.3, 0.4) is 0 Å². The van der Waals surface area contributed by atoms with Crippen LogP contribution in [0.2, 0.25) is 5.02 Å². The minimum atomic E-state index is -0.578. The number of rotatable bonds is 3. The number of nitro groups is 1. The van der Waals surface area contributed by atoms with Crippen LogP contribution in [0.25, 0.3) is 0 Å². The van der Waals surface area contributed by atoms with E-state index < -0.39 is 4.92 Å². The smallest absolute Gasteiger partial charge is 0.270 e. The summed E-state index contributed by atoms with van der Waals surface area (Å²) >= 11 is 5.81. The fourth-order valence-corrected chi connectivity index (χ4v) is 1.46. The SMILES string of the molecule is C#CCN(C)C(=O)c1ccc([N+](=O)[O-])cc1Cl. The van der Waals surface area contributed by atoms with Gasteiger partial charge in [0, 0.05) is 19.2 Å². The molecule has 88 valence electrons. The largest absolute Gasteiger partial charge is 0.331 e. The highest BCUT2D eigenvalue weighted by molar-refractivity contribution is 6.34. The first-order valence-electron chi connectivity index (χ1n) is 4.60. The van der Waals surface area contributed by atoms with Crippen LogP contribution >= 0.6 is 11.6 Å². The molecule has 1 amide bonds. The van der Waals surface area contributed by atoms with Gasteiger partial charge >= 0.3 is 0 Å². The molecule has 0 saturated heterocycles. The number of benzene rings is 1. The molecule has 0 bridgehead atoms. The molecule has 0 heterocycles. The van der Waals surface area contributed by atoms with E-state index in [0.29, 0.717) is 0 Å². The molecule has 0 spiro atoms. The van der Waals surface area contributed by atoms with E-state index in [1.54, 1.807) is 0 Å². The van der Waals surface area contributed by atoms with Gasteiger partial charge in [-0.2, -0.15) is 0 Å². The Kier molecular flexibility index (Phi) is 4.07. The molecule has 6 heteroatoms. The highest BCUT2D eigenvalue weighted by atomic mass is 35.5. The third-order valence-corrected chi connectivity index (χ3v) is 2.38. The lowest BCUT2D eigenvalue weighted by Crippen LogP contribution is -2.27. The number of hydrogen-bond donors (Lipinski definition) is 0. The molecule has 5 nitrogen and oxygen atoms in total. The van der Waals surface area contributed by atoms with E-state index in [4.69, 9.17) is 18.0 Å². The molecule has 0 atom stereocenters. The maximum atomic E-state index is 11.8. The number of hydrogen-bond acceptors (Lipinski definition) is 3. The van der Waals surface area contributed by atoms with Gasteiger partial charge in [0.25, 0.3) is 11.6 Å². The van der Waals surface area contributed by atoms with Crippen molar-refractivity contribution in [1.82, 2.24) is 4.90 Å². The van der Waals surface area contributed by atoms with Crippen molar-refractivity contribution < 1.29 is 9.72 Å². The van der Waals surface area contributed by atoms with Crippen molar-refractivity contribution in [1.29, 1.82) is 0 Å². The number of carbonyl (C=O) groups excluding carboxylic acids is 1. The average Bonchev–Trinajstić information content (AvgIpc) is 2.28. The van der Waals surface area contributed by atoms with Crippen LogP contribution in [0, 0.1) is 22.5 Å². The molecule has 1 aromatic carbocycles.